The van der Waals surface area contributed by atoms with Crippen LogP contribution in [0.2, 0.25) is 0 Å². The highest BCUT2D eigenvalue weighted by molar-refractivity contribution is 9.10. The lowest BCUT2D eigenvalue weighted by molar-refractivity contribution is 0.0954. The lowest BCUT2D eigenvalue weighted by atomic mass is 10.1. The van der Waals surface area contributed by atoms with E-state index in [1.807, 2.05) is 12.1 Å². The molecule has 1 aromatic carbocycles. The third kappa shape index (κ3) is 1.77. The molecule has 0 saturated carbocycles. The van der Waals surface area contributed by atoms with Crippen molar-refractivity contribution in [3.63, 3.8) is 0 Å². The number of benzene rings is 1. The Hall–Kier alpha value is -1.55. The highest BCUT2D eigenvalue weighted by Gasteiger charge is 2.32. The Bertz CT molecular complexity index is 592. The summed E-state index contributed by atoms with van der Waals surface area (Å²) in [5.41, 5.74) is 2.17. The molecule has 1 aliphatic rings. The van der Waals surface area contributed by atoms with Crippen molar-refractivity contribution in [2.75, 3.05) is 4.90 Å². The first kappa shape index (κ1) is 11.5. The molecule has 4 heteroatoms. The van der Waals surface area contributed by atoms with Gasteiger partial charge in [0.15, 0.2) is 5.76 Å². The lowest BCUT2D eigenvalue weighted by Gasteiger charge is -2.21. The van der Waals surface area contributed by atoms with Gasteiger partial charge in [-0.3, -0.25) is 4.79 Å². The van der Waals surface area contributed by atoms with Gasteiger partial charge in [0.1, 0.15) is 0 Å². The number of hydrogen-bond acceptors (Lipinski definition) is 2. The van der Waals surface area contributed by atoms with Crippen molar-refractivity contribution in [2.45, 2.75) is 19.4 Å². The van der Waals surface area contributed by atoms with Crippen LogP contribution in [0.25, 0.3) is 0 Å². The van der Waals surface area contributed by atoms with Gasteiger partial charge in [-0.15, -0.1) is 0 Å². The molecule has 1 unspecified atom stereocenters. The molecule has 18 heavy (non-hydrogen) atoms. The molecule has 0 aliphatic carbocycles. The Morgan fingerprint density at radius 3 is 3.00 bits per heavy atom. The zero-order valence-corrected chi connectivity index (χ0v) is 11.5. The number of carbonyl (C=O) groups excluding carboxylic acids is 1. The van der Waals surface area contributed by atoms with Crippen molar-refractivity contribution in [1.82, 2.24) is 0 Å². The molecule has 0 fully saturated rings. The van der Waals surface area contributed by atoms with Crippen LogP contribution in [0.3, 0.4) is 0 Å². The number of anilines is 1. The van der Waals surface area contributed by atoms with Crippen LogP contribution in [0.4, 0.5) is 5.69 Å². The summed E-state index contributed by atoms with van der Waals surface area (Å²) < 4.78 is 6.24. The van der Waals surface area contributed by atoms with Gasteiger partial charge in [-0.05, 0) is 49.2 Å². The Kier molecular flexibility index (Phi) is 2.74. The van der Waals surface area contributed by atoms with Crippen LogP contribution >= 0.6 is 15.9 Å². The molecular formula is C14H12BrNO2. The summed E-state index contributed by atoms with van der Waals surface area (Å²) in [5.74, 6) is 0.311. The summed E-state index contributed by atoms with van der Waals surface area (Å²) in [6.45, 7) is 2.05. The Balaban J connectivity index is 2.02. The molecule has 1 aromatic heterocycles. The summed E-state index contributed by atoms with van der Waals surface area (Å²) in [6.07, 6.45) is 2.40. The number of carbonyl (C=O) groups is 1. The van der Waals surface area contributed by atoms with Gasteiger partial charge < -0.3 is 9.32 Å². The van der Waals surface area contributed by atoms with E-state index in [0.717, 1.165) is 16.6 Å². The fraction of sp³-hybridized carbons (Fsp3) is 0.214. The maximum Gasteiger partial charge on any atom is 0.294 e. The van der Waals surface area contributed by atoms with E-state index in [2.05, 4.69) is 28.9 Å². The molecule has 3 rings (SSSR count). The molecule has 3 nitrogen and oxygen atoms in total. The van der Waals surface area contributed by atoms with E-state index in [0.29, 0.717) is 5.76 Å². The highest BCUT2D eigenvalue weighted by atomic mass is 79.9. The second kappa shape index (κ2) is 4.28. The van der Waals surface area contributed by atoms with E-state index in [9.17, 15) is 4.79 Å². The van der Waals surface area contributed by atoms with Gasteiger partial charge in [-0.1, -0.05) is 15.9 Å². The van der Waals surface area contributed by atoms with Crippen LogP contribution in [-0.4, -0.2) is 11.9 Å². The summed E-state index contributed by atoms with van der Waals surface area (Å²) in [6, 6.07) is 9.60. The van der Waals surface area contributed by atoms with Crippen LogP contribution in [-0.2, 0) is 6.42 Å². The van der Waals surface area contributed by atoms with Gasteiger partial charge in [-0.25, -0.2) is 0 Å². The predicted molar refractivity (Wildman–Crippen MR) is 72.8 cm³/mol. The number of halogens is 1. The zero-order valence-electron chi connectivity index (χ0n) is 9.89. The number of nitrogens with zero attached hydrogens (tertiary/aromatic N) is 1. The van der Waals surface area contributed by atoms with E-state index in [-0.39, 0.29) is 11.9 Å². The van der Waals surface area contributed by atoms with Crippen LogP contribution in [0.1, 0.15) is 23.0 Å². The second-order valence-electron chi connectivity index (χ2n) is 4.48. The van der Waals surface area contributed by atoms with Crippen molar-refractivity contribution < 1.29 is 9.21 Å². The normalized spacial score (nSPS) is 17.9. The number of rotatable bonds is 1. The van der Waals surface area contributed by atoms with E-state index in [1.54, 1.807) is 17.0 Å². The molecule has 0 spiro atoms. The maximum atomic E-state index is 12.4. The summed E-state index contributed by atoms with van der Waals surface area (Å²) in [5, 5.41) is 0. The van der Waals surface area contributed by atoms with Gasteiger partial charge in [0.25, 0.3) is 5.91 Å². The molecule has 0 radical (unpaired) electrons. The van der Waals surface area contributed by atoms with Gasteiger partial charge >= 0.3 is 0 Å². The Morgan fingerprint density at radius 2 is 2.28 bits per heavy atom. The summed E-state index contributed by atoms with van der Waals surface area (Å²) in [4.78, 5) is 14.2. The fourth-order valence-corrected chi connectivity index (χ4v) is 2.84. The maximum absolute atomic E-state index is 12.4. The fourth-order valence-electron chi connectivity index (χ4n) is 2.43. The monoisotopic (exact) mass is 305 g/mol. The standard InChI is InChI=1S/C14H12BrNO2/c1-9-7-10-8-11(15)4-5-12(10)16(9)14(17)13-3-2-6-18-13/h2-6,8-9H,7H2,1H3. The van der Waals surface area contributed by atoms with E-state index < -0.39 is 0 Å². The largest absolute Gasteiger partial charge is 0.459 e. The average molecular weight is 306 g/mol. The minimum atomic E-state index is -0.0754. The molecule has 0 saturated heterocycles. The molecule has 2 aromatic rings. The average Bonchev–Trinajstić information content (AvgIpc) is 2.94. The summed E-state index contributed by atoms with van der Waals surface area (Å²) >= 11 is 3.46. The first-order valence-electron chi connectivity index (χ1n) is 5.82. The first-order valence-corrected chi connectivity index (χ1v) is 6.61. The number of hydrogen-bond donors (Lipinski definition) is 0. The number of fused-ring (bicyclic) bond motifs is 1. The van der Waals surface area contributed by atoms with E-state index >= 15 is 0 Å². The summed E-state index contributed by atoms with van der Waals surface area (Å²) in [7, 11) is 0. The molecule has 92 valence electrons. The molecule has 0 bridgehead atoms. The van der Waals surface area contributed by atoms with Crippen LogP contribution in [0.15, 0.2) is 45.5 Å². The molecule has 1 aliphatic heterocycles. The highest BCUT2D eigenvalue weighted by Crippen LogP contribution is 2.35. The number of amides is 1. The minimum absolute atomic E-state index is 0.0754. The van der Waals surface area contributed by atoms with E-state index in [4.69, 9.17) is 4.42 Å². The van der Waals surface area contributed by atoms with Crippen molar-refractivity contribution in [3.8, 4) is 0 Å². The number of furan rings is 1. The van der Waals surface area contributed by atoms with Crippen molar-refractivity contribution >= 4 is 27.5 Å². The molecule has 0 N–H and O–H groups in total. The van der Waals surface area contributed by atoms with Crippen molar-refractivity contribution in [1.29, 1.82) is 0 Å². The van der Waals surface area contributed by atoms with E-state index in [1.165, 1.54) is 11.8 Å². The molecule has 1 amide bonds. The zero-order chi connectivity index (χ0) is 12.7. The van der Waals surface area contributed by atoms with Crippen molar-refractivity contribution in [3.05, 3.63) is 52.4 Å². The van der Waals surface area contributed by atoms with Gasteiger partial charge in [0.05, 0.1) is 6.26 Å². The SMILES string of the molecule is CC1Cc2cc(Br)ccc2N1C(=O)c1ccco1. The first-order chi connectivity index (χ1) is 8.66. The van der Waals surface area contributed by atoms with Crippen LogP contribution < -0.4 is 4.90 Å². The molecular weight excluding hydrogens is 294 g/mol. The lowest BCUT2D eigenvalue weighted by Crippen LogP contribution is -2.35. The Labute approximate surface area is 114 Å². The molecule has 1 atom stereocenters. The predicted octanol–water partition coefficient (Wildman–Crippen LogP) is 3.63. The van der Waals surface area contributed by atoms with Crippen LogP contribution in [0.5, 0.6) is 0 Å². The topological polar surface area (TPSA) is 33.5 Å². The van der Waals surface area contributed by atoms with Crippen LogP contribution in [0, 0.1) is 0 Å². The third-order valence-corrected chi connectivity index (χ3v) is 3.70. The van der Waals surface area contributed by atoms with Gasteiger partial charge in [0, 0.05) is 16.2 Å². The third-order valence-electron chi connectivity index (χ3n) is 3.21. The second-order valence-corrected chi connectivity index (χ2v) is 5.39. The van der Waals surface area contributed by atoms with Gasteiger partial charge in [-0.2, -0.15) is 0 Å². The minimum Gasteiger partial charge on any atom is -0.459 e. The quantitative estimate of drug-likeness (QED) is 0.806. The Morgan fingerprint density at radius 1 is 1.44 bits per heavy atom. The van der Waals surface area contributed by atoms with Gasteiger partial charge in [0.2, 0.25) is 0 Å². The smallest absolute Gasteiger partial charge is 0.294 e. The van der Waals surface area contributed by atoms with Crippen molar-refractivity contribution in [2.24, 2.45) is 0 Å². The molecule has 2 heterocycles.